The first-order valence-electron chi connectivity index (χ1n) is 16.9. The van der Waals surface area contributed by atoms with Gasteiger partial charge in [0.15, 0.2) is 5.82 Å². The number of allylic oxidation sites excluding steroid dienone is 2. The van der Waals surface area contributed by atoms with E-state index in [2.05, 4.69) is 54.4 Å². The van der Waals surface area contributed by atoms with Crippen molar-refractivity contribution in [1.82, 2.24) is 20.6 Å². The summed E-state index contributed by atoms with van der Waals surface area (Å²) in [6.07, 6.45) is 15.4. The Bertz CT molecular complexity index is 1580. The van der Waals surface area contributed by atoms with Crippen molar-refractivity contribution in [3.63, 3.8) is 0 Å². The molecule has 1 saturated carbocycles. The molecular formula is C38H48N4O4S. The Kier molecular flexibility index (Phi) is 11.0. The van der Waals surface area contributed by atoms with E-state index in [1.807, 2.05) is 42.7 Å². The highest BCUT2D eigenvalue weighted by Crippen LogP contribution is 2.41. The summed E-state index contributed by atoms with van der Waals surface area (Å²) in [7, 11) is 0. The first-order valence-corrected chi connectivity index (χ1v) is 17.7. The minimum absolute atomic E-state index is 0.104. The van der Waals surface area contributed by atoms with Crippen LogP contribution in [0.1, 0.15) is 105 Å². The third-order valence-electron chi connectivity index (χ3n) is 9.77. The molecule has 3 N–H and O–H groups in total. The lowest BCUT2D eigenvalue weighted by atomic mass is 9.71. The van der Waals surface area contributed by atoms with Crippen LogP contribution >= 0.6 is 11.3 Å². The molecule has 3 atom stereocenters. The van der Waals surface area contributed by atoms with Crippen LogP contribution in [0.3, 0.4) is 0 Å². The van der Waals surface area contributed by atoms with E-state index in [1.54, 1.807) is 6.07 Å². The molecule has 0 spiro atoms. The zero-order valence-corrected chi connectivity index (χ0v) is 29.0. The molecule has 9 heteroatoms. The van der Waals surface area contributed by atoms with Crippen LogP contribution in [0.2, 0.25) is 0 Å². The van der Waals surface area contributed by atoms with Gasteiger partial charge in [0.25, 0.3) is 5.91 Å². The Morgan fingerprint density at radius 1 is 0.915 bits per heavy atom. The van der Waals surface area contributed by atoms with E-state index < -0.39 is 24.0 Å². The number of carboxylic acid groups (broad SMARTS) is 1. The van der Waals surface area contributed by atoms with Gasteiger partial charge in [0.1, 0.15) is 12.1 Å². The standard InChI is InChI=1S/C38H48N4O4S/c1-23-6-10-26(11-7-23)27-14-16-28(17-15-27)30-21-39-34(40-22-30)29-12-8-25(9-13-29)20-31(35(43)41-24(2)37(45)46)42-36(44)32-18-19-33(47-32)38(3,4)5/h8-9,12-13,16,18-19,21-24,26-27,31H,6-7,10-11,14-15,17,20H2,1-5H3,(H,41,43)(H,42,44)(H,45,46)/t23-,24-,26-,27?,31+/m1/s1. The van der Waals surface area contributed by atoms with Crippen LogP contribution in [0.15, 0.2) is 54.9 Å². The van der Waals surface area contributed by atoms with Crippen molar-refractivity contribution in [2.45, 2.75) is 103 Å². The molecule has 5 rings (SSSR count). The Morgan fingerprint density at radius 3 is 2.17 bits per heavy atom. The number of hydrogen-bond acceptors (Lipinski definition) is 6. The highest BCUT2D eigenvalue weighted by atomic mass is 32.1. The minimum Gasteiger partial charge on any atom is -0.480 e. The molecule has 0 aliphatic heterocycles. The van der Waals surface area contributed by atoms with E-state index >= 15 is 0 Å². The molecule has 8 nitrogen and oxygen atoms in total. The van der Waals surface area contributed by atoms with E-state index in [0.717, 1.165) is 52.2 Å². The molecule has 1 aromatic carbocycles. The Hall–Kier alpha value is -3.85. The predicted molar refractivity (Wildman–Crippen MR) is 187 cm³/mol. The van der Waals surface area contributed by atoms with Crippen LogP contribution in [0, 0.1) is 17.8 Å². The number of rotatable bonds is 10. The van der Waals surface area contributed by atoms with E-state index in [9.17, 15) is 19.5 Å². The van der Waals surface area contributed by atoms with Crippen LogP contribution in [0.5, 0.6) is 0 Å². The number of aliphatic carboxylic acids is 1. The van der Waals surface area contributed by atoms with Crippen LogP contribution in [0.4, 0.5) is 0 Å². The number of thiophene rings is 1. The number of carbonyl (C=O) groups excluding carboxylic acids is 2. The smallest absolute Gasteiger partial charge is 0.325 e. The number of nitrogens with one attached hydrogen (secondary N) is 2. The summed E-state index contributed by atoms with van der Waals surface area (Å²) >= 11 is 1.39. The van der Waals surface area contributed by atoms with Gasteiger partial charge in [0, 0.05) is 34.8 Å². The Morgan fingerprint density at radius 2 is 1.60 bits per heavy atom. The van der Waals surface area contributed by atoms with Crippen molar-refractivity contribution < 1.29 is 19.5 Å². The first kappa shape index (κ1) is 34.5. The molecule has 1 fully saturated rings. The number of carboxylic acids is 1. The van der Waals surface area contributed by atoms with Crippen LogP contribution in [-0.2, 0) is 21.4 Å². The van der Waals surface area contributed by atoms with Gasteiger partial charge >= 0.3 is 5.97 Å². The van der Waals surface area contributed by atoms with Crippen molar-refractivity contribution in [2.75, 3.05) is 0 Å². The lowest BCUT2D eigenvalue weighted by molar-refractivity contribution is -0.141. The van der Waals surface area contributed by atoms with Gasteiger partial charge in [-0.05, 0) is 85.5 Å². The summed E-state index contributed by atoms with van der Waals surface area (Å²) in [6.45, 7) is 10.0. The van der Waals surface area contributed by atoms with E-state index in [0.29, 0.717) is 10.7 Å². The van der Waals surface area contributed by atoms with Gasteiger partial charge in [-0.25, -0.2) is 9.97 Å². The summed E-state index contributed by atoms with van der Waals surface area (Å²) in [6, 6.07) is 9.22. The topological polar surface area (TPSA) is 121 Å². The molecule has 3 aromatic rings. The molecule has 0 saturated heterocycles. The van der Waals surface area contributed by atoms with Crippen molar-refractivity contribution in [2.24, 2.45) is 17.8 Å². The monoisotopic (exact) mass is 656 g/mol. The maximum atomic E-state index is 13.2. The van der Waals surface area contributed by atoms with E-state index in [4.69, 9.17) is 0 Å². The summed E-state index contributed by atoms with van der Waals surface area (Å²) in [5.41, 5.74) is 3.98. The molecule has 250 valence electrons. The van der Waals surface area contributed by atoms with Gasteiger partial charge in [0.05, 0.1) is 4.88 Å². The molecule has 2 aromatic heterocycles. The lowest BCUT2D eigenvalue weighted by Crippen LogP contribution is -2.51. The average molecular weight is 657 g/mol. The quantitative estimate of drug-likeness (QED) is 0.209. The molecule has 2 amide bonds. The number of aromatic nitrogens is 2. The largest absolute Gasteiger partial charge is 0.480 e. The Balaban J connectivity index is 1.23. The van der Waals surface area contributed by atoms with E-state index in [-0.39, 0.29) is 17.7 Å². The third-order valence-corrected chi connectivity index (χ3v) is 11.3. The Labute approximate surface area is 282 Å². The summed E-state index contributed by atoms with van der Waals surface area (Å²) in [5, 5.41) is 14.7. The fraction of sp³-hybridized carbons (Fsp3) is 0.500. The number of carbonyl (C=O) groups is 3. The fourth-order valence-corrected chi connectivity index (χ4v) is 7.61. The van der Waals surface area contributed by atoms with Crippen molar-refractivity contribution in [3.8, 4) is 11.4 Å². The van der Waals surface area contributed by atoms with Gasteiger partial charge in [-0.1, -0.05) is 70.9 Å². The molecule has 2 aliphatic carbocycles. The molecule has 0 radical (unpaired) electrons. The third kappa shape index (κ3) is 8.95. The highest BCUT2D eigenvalue weighted by molar-refractivity contribution is 7.14. The summed E-state index contributed by atoms with van der Waals surface area (Å²) in [4.78, 5) is 48.6. The maximum Gasteiger partial charge on any atom is 0.325 e. The summed E-state index contributed by atoms with van der Waals surface area (Å²) < 4.78 is 0. The minimum atomic E-state index is -1.15. The highest BCUT2D eigenvalue weighted by Gasteiger charge is 2.29. The average Bonchev–Trinajstić information content (AvgIpc) is 3.57. The van der Waals surface area contributed by atoms with Gasteiger partial charge in [0.2, 0.25) is 5.91 Å². The zero-order chi connectivity index (χ0) is 33.7. The second-order valence-electron chi connectivity index (χ2n) is 14.5. The van der Waals surface area contributed by atoms with Crippen LogP contribution < -0.4 is 10.6 Å². The lowest BCUT2D eigenvalue weighted by Gasteiger charge is -2.34. The molecule has 2 aliphatic rings. The van der Waals surface area contributed by atoms with Gasteiger partial charge in [-0.3, -0.25) is 14.4 Å². The molecule has 0 bridgehead atoms. The number of amides is 2. The van der Waals surface area contributed by atoms with Crippen molar-refractivity contribution >= 4 is 34.7 Å². The molecular weight excluding hydrogens is 609 g/mol. The fourth-order valence-electron chi connectivity index (χ4n) is 6.65. The SMILES string of the molecule is C[C@@H](NC(=O)[C@H](Cc1ccc(-c2ncc(C3=CCC([C@H]4CC[C@H](C)CC4)CC3)cn2)cc1)NC(=O)c1ccc(C(C)(C)C)s1)C(=O)O. The van der Waals surface area contributed by atoms with Crippen LogP contribution in [0.25, 0.3) is 17.0 Å². The van der Waals surface area contributed by atoms with E-state index in [1.165, 1.54) is 55.9 Å². The second kappa shape index (κ2) is 14.9. The first-order chi connectivity index (χ1) is 22.4. The maximum absolute atomic E-state index is 13.2. The zero-order valence-electron chi connectivity index (χ0n) is 28.2. The predicted octanol–water partition coefficient (Wildman–Crippen LogP) is 7.44. The molecule has 1 unspecified atom stereocenters. The van der Waals surface area contributed by atoms with Gasteiger partial charge < -0.3 is 15.7 Å². The number of nitrogens with zero attached hydrogens (tertiary/aromatic N) is 2. The normalized spacial score (nSPS) is 21.3. The number of benzene rings is 1. The van der Waals surface area contributed by atoms with Crippen molar-refractivity contribution in [1.29, 1.82) is 0 Å². The van der Waals surface area contributed by atoms with Crippen LogP contribution in [-0.4, -0.2) is 44.9 Å². The van der Waals surface area contributed by atoms with Gasteiger partial charge in [-0.2, -0.15) is 0 Å². The summed E-state index contributed by atoms with van der Waals surface area (Å²) in [5.74, 6) is 1.12. The number of hydrogen-bond donors (Lipinski definition) is 3. The molecule has 47 heavy (non-hydrogen) atoms. The van der Waals surface area contributed by atoms with Gasteiger partial charge in [-0.15, -0.1) is 11.3 Å². The molecule has 2 heterocycles. The van der Waals surface area contributed by atoms with Crippen molar-refractivity contribution in [3.05, 3.63) is 75.7 Å². The second-order valence-corrected chi connectivity index (χ2v) is 15.6.